The van der Waals surface area contributed by atoms with E-state index >= 15 is 0 Å². The molecule has 0 spiro atoms. The summed E-state index contributed by atoms with van der Waals surface area (Å²) in [5, 5.41) is 1.46. The average Bonchev–Trinajstić information content (AvgIpc) is 2.28. The molecular formula is C15H22N2Si. The average molecular weight is 258 g/mol. The molecule has 2 rings (SSSR count). The van der Waals surface area contributed by atoms with Crippen molar-refractivity contribution < 1.29 is 0 Å². The van der Waals surface area contributed by atoms with Gasteiger partial charge in [0.25, 0.3) is 0 Å². The Morgan fingerprint density at radius 3 is 2.22 bits per heavy atom. The summed E-state index contributed by atoms with van der Waals surface area (Å²) in [4.78, 5) is 0. The van der Waals surface area contributed by atoms with Gasteiger partial charge in [-0.3, -0.25) is 0 Å². The molecule has 3 heteroatoms. The second-order valence-electron chi connectivity index (χ2n) is 6.15. The molecule has 0 aromatic heterocycles. The van der Waals surface area contributed by atoms with Gasteiger partial charge in [0.1, 0.15) is 0 Å². The highest BCUT2D eigenvalue weighted by Gasteiger charge is 2.27. The van der Waals surface area contributed by atoms with E-state index in [4.69, 9.17) is 11.5 Å². The topological polar surface area (TPSA) is 52.0 Å². The number of hydrogen-bond acceptors (Lipinski definition) is 2. The molecule has 0 radical (unpaired) electrons. The number of rotatable bonds is 2. The Hall–Kier alpha value is -1.32. The van der Waals surface area contributed by atoms with Crippen LogP contribution in [0.25, 0.3) is 0 Å². The maximum Gasteiger partial charge on any atom is 0.0775 e. The van der Waals surface area contributed by atoms with Crippen molar-refractivity contribution in [3.8, 4) is 0 Å². The van der Waals surface area contributed by atoms with Crippen molar-refractivity contribution in [1.82, 2.24) is 0 Å². The summed E-state index contributed by atoms with van der Waals surface area (Å²) in [6.07, 6.45) is 6.59. The van der Waals surface area contributed by atoms with E-state index in [-0.39, 0.29) is 0 Å². The van der Waals surface area contributed by atoms with Crippen molar-refractivity contribution in [2.24, 2.45) is 11.5 Å². The minimum absolute atomic E-state index is 0.448. The Kier molecular flexibility index (Phi) is 3.21. The predicted molar refractivity (Wildman–Crippen MR) is 81.3 cm³/mol. The van der Waals surface area contributed by atoms with Crippen LogP contribution in [0, 0.1) is 0 Å². The van der Waals surface area contributed by atoms with Crippen molar-refractivity contribution in [1.29, 1.82) is 0 Å². The molecule has 1 aliphatic carbocycles. The van der Waals surface area contributed by atoms with Gasteiger partial charge < -0.3 is 11.5 Å². The summed E-state index contributed by atoms with van der Waals surface area (Å²) in [6, 6.07) is 8.74. The molecule has 0 saturated heterocycles. The molecule has 2 nitrogen and oxygen atoms in total. The van der Waals surface area contributed by atoms with Gasteiger partial charge in [0.2, 0.25) is 0 Å². The van der Waals surface area contributed by atoms with Crippen LogP contribution in [-0.2, 0) is 5.54 Å². The largest absolute Gasteiger partial charge is 0.402 e. The lowest BCUT2D eigenvalue weighted by atomic mass is 9.84. The van der Waals surface area contributed by atoms with Crippen LogP contribution in [-0.4, -0.2) is 8.07 Å². The first kappa shape index (κ1) is 13.1. The van der Waals surface area contributed by atoms with E-state index in [1.807, 2.05) is 18.2 Å². The van der Waals surface area contributed by atoms with Crippen molar-refractivity contribution in [2.45, 2.75) is 31.6 Å². The summed E-state index contributed by atoms with van der Waals surface area (Å²) in [7, 11) is -1.24. The first-order valence-corrected chi connectivity index (χ1v) is 9.85. The molecule has 1 aliphatic rings. The first-order valence-electron chi connectivity index (χ1n) is 6.35. The van der Waals surface area contributed by atoms with Gasteiger partial charge in [-0.05, 0) is 11.6 Å². The van der Waals surface area contributed by atoms with Crippen LogP contribution in [0.5, 0.6) is 0 Å². The van der Waals surface area contributed by atoms with Crippen LogP contribution >= 0.6 is 0 Å². The highest BCUT2D eigenvalue weighted by molar-refractivity contribution is 6.88. The van der Waals surface area contributed by atoms with Gasteiger partial charge in [0.05, 0.1) is 13.6 Å². The zero-order chi connectivity index (χ0) is 13.4. The van der Waals surface area contributed by atoms with E-state index in [1.165, 1.54) is 5.19 Å². The van der Waals surface area contributed by atoms with Gasteiger partial charge in [-0.15, -0.1) is 0 Å². The monoisotopic (exact) mass is 258 g/mol. The highest BCUT2D eigenvalue weighted by atomic mass is 28.3. The number of nitrogens with two attached hydrogens (primary N) is 2. The van der Waals surface area contributed by atoms with Gasteiger partial charge in [-0.1, -0.05) is 61.2 Å². The molecule has 96 valence electrons. The lowest BCUT2D eigenvalue weighted by molar-refractivity contribution is 0.546. The Balaban J connectivity index is 2.31. The smallest absolute Gasteiger partial charge is 0.0775 e. The van der Waals surface area contributed by atoms with E-state index in [0.717, 1.165) is 11.3 Å². The van der Waals surface area contributed by atoms with Crippen molar-refractivity contribution >= 4 is 13.3 Å². The van der Waals surface area contributed by atoms with Gasteiger partial charge in [-0.25, -0.2) is 0 Å². The van der Waals surface area contributed by atoms with Gasteiger partial charge in [0.15, 0.2) is 0 Å². The van der Waals surface area contributed by atoms with Crippen molar-refractivity contribution in [2.75, 3.05) is 0 Å². The standard InChI is InChI=1S/C15H22N2Si/c1-18(2,3)14-8-6-12(7-9-14)15(17)10-4-5-13(16)11-15/h4-10H,11,16-17H2,1-3H3. The lowest BCUT2D eigenvalue weighted by Gasteiger charge is -2.29. The Morgan fingerprint density at radius 2 is 1.72 bits per heavy atom. The normalized spacial score (nSPS) is 23.9. The molecule has 1 unspecified atom stereocenters. The van der Waals surface area contributed by atoms with E-state index in [0.29, 0.717) is 6.42 Å². The Bertz CT molecular complexity index is 494. The number of benzene rings is 1. The van der Waals surface area contributed by atoms with Crippen LogP contribution in [0.2, 0.25) is 19.6 Å². The molecule has 0 saturated carbocycles. The molecule has 4 N–H and O–H groups in total. The van der Waals surface area contributed by atoms with E-state index < -0.39 is 13.6 Å². The lowest BCUT2D eigenvalue weighted by Crippen LogP contribution is -2.40. The zero-order valence-electron chi connectivity index (χ0n) is 11.4. The van der Waals surface area contributed by atoms with E-state index in [1.54, 1.807) is 0 Å². The predicted octanol–water partition coefficient (Wildman–Crippen LogP) is 2.19. The van der Waals surface area contributed by atoms with Crippen LogP contribution in [0.1, 0.15) is 12.0 Å². The summed E-state index contributed by atoms with van der Waals surface area (Å²) in [5.74, 6) is 0. The molecule has 1 aromatic rings. The summed E-state index contributed by atoms with van der Waals surface area (Å²) in [6.45, 7) is 7.05. The first-order chi connectivity index (χ1) is 8.31. The van der Waals surface area contributed by atoms with Gasteiger partial charge in [0, 0.05) is 12.1 Å². The van der Waals surface area contributed by atoms with Crippen LogP contribution < -0.4 is 16.7 Å². The molecule has 0 heterocycles. The van der Waals surface area contributed by atoms with Crippen LogP contribution in [0.4, 0.5) is 0 Å². The van der Waals surface area contributed by atoms with Crippen molar-refractivity contribution in [3.63, 3.8) is 0 Å². The second kappa shape index (κ2) is 4.41. The third kappa shape index (κ3) is 2.57. The van der Waals surface area contributed by atoms with Gasteiger partial charge >= 0.3 is 0 Å². The third-order valence-electron chi connectivity index (χ3n) is 3.49. The molecule has 0 amide bonds. The zero-order valence-corrected chi connectivity index (χ0v) is 12.4. The second-order valence-corrected chi connectivity index (χ2v) is 11.2. The molecule has 1 atom stereocenters. The quantitative estimate of drug-likeness (QED) is 0.799. The Morgan fingerprint density at radius 1 is 1.11 bits per heavy atom. The molecule has 0 bridgehead atoms. The SMILES string of the molecule is C[Si](C)(C)c1ccc(C2(N)C=CC=C(N)C2)cc1. The molecular weight excluding hydrogens is 236 g/mol. The molecule has 18 heavy (non-hydrogen) atoms. The highest BCUT2D eigenvalue weighted by Crippen LogP contribution is 2.28. The van der Waals surface area contributed by atoms with Crippen LogP contribution in [0.15, 0.2) is 48.2 Å². The van der Waals surface area contributed by atoms with Gasteiger partial charge in [-0.2, -0.15) is 0 Å². The van der Waals surface area contributed by atoms with E-state index in [9.17, 15) is 0 Å². The fourth-order valence-corrected chi connectivity index (χ4v) is 3.44. The fraction of sp³-hybridized carbons (Fsp3) is 0.333. The third-order valence-corrected chi connectivity index (χ3v) is 5.55. The van der Waals surface area contributed by atoms with Crippen molar-refractivity contribution in [3.05, 3.63) is 53.8 Å². The van der Waals surface area contributed by atoms with E-state index in [2.05, 4.69) is 43.9 Å². The van der Waals surface area contributed by atoms with Crippen LogP contribution in [0.3, 0.4) is 0 Å². The molecule has 0 fully saturated rings. The summed E-state index contributed by atoms with van der Waals surface area (Å²) in [5.41, 5.74) is 13.8. The Labute approximate surface area is 110 Å². The molecule has 0 aliphatic heterocycles. The fourth-order valence-electron chi connectivity index (χ4n) is 2.28. The summed E-state index contributed by atoms with van der Waals surface area (Å²) < 4.78 is 0. The minimum Gasteiger partial charge on any atom is -0.402 e. The minimum atomic E-state index is -1.24. The maximum atomic E-state index is 6.43. The summed E-state index contributed by atoms with van der Waals surface area (Å²) >= 11 is 0. The molecule has 1 aromatic carbocycles. The maximum absolute atomic E-state index is 6.43. The number of allylic oxidation sites excluding steroid dienone is 2. The number of hydrogen-bond donors (Lipinski definition) is 2.